The van der Waals surface area contributed by atoms with Crippen molar-refractivity contribution in [3.8, 4) is 0 Å². The molecule has 1 saturated heterocycles. The fourth-order valence-electron chi connectivity index (χ4n) is 1.41. The van der Waals surface area contributed by atoms with Crippen LogP contribution in [0.15, 0.2) is 0 Å². The molecule has 0 aromatic heterocycles. The number of hydrogen-bond acceptors (Lipinski definition) is 4. The van der Waals surface area contributed by atoms with E-state index >= 15 is 0 Å². The van der Waals surface area contributed by atoms with E-state index in [-0.39, 0.29) is 0 Å². The molecule has 1 heterocycles. The Morgan fingerprint density at radius 1 is 1.38 bits per heavy atom. The Bertz CT molecular complexity index is 190. The number of amides is 2. The van der Waals surface area contributed by atoms with E-state index < -0.39 is 6.09 Å². The largest absolute Gasteiger partial charge is 0.451 e. The molecule has 1 aliphatic rings. The average Bonchev–Trinajstić information content (AvgIpc) is 2.20. The molecule has 13 heavy (non-hydrogen) atoms. The maximum atomic E-state index is 11.1. The van der Waals surface area contributed by atoms with Crippen LogP contribution in [0.25, 0.3) is 0 Å². The molecule has 0 unspecified atom stereocenters. The van der Waals surface area contributed by atoms with Crippen LogP contribution < -0.4 is 0 Å². The number of carbonyl (C=O) groups excluding carboxylic acids is 2. The van der Waals surface area contributed by atoms with Crippen LogP contribution in [0.2, 0.25) is 0 Å². The molecule has 1 rings (SSSR count). The quantitative estimate of drug-likeness (QED) is 0.593. The summed E-state index contributed by atoms with van der Waals surface area (Å²) in [5.74, 6) is 0. The fourth-order valence-corrected chi connectivity index (χ4v) is 1.41. The van der Waals surface area contributed by atoms with Gasteiger partial charge in [0.1, 0.15) is 0 Å². The first kappa shape index (κ1) is 9.98. The first-order chi connectivity index (χ1) is 6.29. The molecule has 5 nitrogen and oxygen atoms in total. The van der Waals surface area contributed by atoms with Gasteiger partial charge in [-0.05, 0) is 12.8 Å². The van der Waals surface area contributed by atoms with Gasteiger partial charge in [-0.25, -0.2) is 9.80 Å². The molecule has 0 bridgehead atoms. The van der Waals surface area contributed by atoms with Crippen molar-refractivity contribution in [3.63, 3.8) is 0 Å². The minimum atomic E-state index is -0.614. The van der Waals surface area contributed by atoms with E-state index in [0.717, 1.165) is 37.4 Å². The smallest absolute Gasteiger partial charge is 0.431 e. The Balaban J connectivity index is 2.53. The van der Waals surface area contributed by atoms with Crippen LogP contribution in [-0.2, 0) is 9.53 Å². The Morgan fingerprint density at radius 3 is 2.46 bits per heavy atom. The van der Waals surface area contributed by atoms with Gasteiger partial charge in [-0.2, -0.15) is 5.01 Å². The van der Waals surface area contributed by atoms with Crippen molar-refractivity contribution in [2.45, 2.75) is 19.3 Å². The number of hydrogen-bond donors (Lipinski definition) is 0. The zero-order valence-electron chi connectivity index (χ0n) is 7.73. The lowest BCUT2D eigenvalue weighted by Gasteiger charge is -2.31. The normalized spacial score (nSPS) is 17.9. The van der Waals surface area contributed by atoms with Crippen LogP contribution in [0, 0.1) is 0 Å². The second-order valence-electron chi connectivity index (χ2n) is 2.93. The van der Waals surface area contributed by atoms with Gasteiger partial charge in [0.15, 0.2) is 0 Å². The molecule has 0 aromatic carbocycles. The molecule has 0 aromatic rings. The van der Waals surface area contributed by atoms with E-state index in [4.69, 9.17) is 0 Å². The number of nitrogens with zero attached hydrogens (tertiary/aromatic N) is 2. The van der Waals surface area contributed by atoms with Gasteiger partial charge >= 0.3 is 6.09 Å². The van der Waals surface area contributed by atoms with Gasteiger partial charge in [0.25, 0.3) is 0 Å². The number of hydrazine groups is 1. The molecule has 0 aliphatic carbocycles. The van der Waals surface area contributed by atoms with Crippen molar-refractivity contribution in [1.82, 2.24) is 10.0 Å². The van der Waals surface area contributed by atoms with Crippen molar-refractivity contribution in [1.29, 1.82) is 0 Å². The second kappa shape index (κ2) is 4.81. The predicted octanol–water partition coefficient (Wildman–Crippen LogP) is 0.612. The van der Waals surface area contributed by atoms with E-state index in [2.05, 4.69) is 4.74 Å². The van der Waals surface area contributed by atoms with Crippen LogP contribution >= 0.6 is 0 Å². The number of methoxy groups -OCH3 is 1. The maximum Gasteiger partial charge on any atom is 0.431 e. The second-order valence-corrected chi connectivity index (χ2v) is 2.93. The number of carbonyl (C=O) groups is 2. The average molecular weight is 186 g/mol. The maximum absolute atomic E-state index is 11.1. The molecular formula is C8H14N2O3. The third-order valence-electron chi connectivity index (χ3n) is 2.10. The molecule has 0 spiro atoms. The lowest BCUT2D eigenvalue weighted by atomic mass is 10.2. The first-order valence-electron chi connectivity index (χ1n) is 4.37. The van der Waals surface area contributed by atoms with Crippen molar-refractivity contribution in [3.05, 3.63) is 0 Å². The molecule has 0 saturated carbocycles. The standard InChI is InChI=1S/C8H14N2O3/c1-13-8(12)10(7-11)9-5-3-2-4-6-9/h7H,2-6H2,1H3. The molecule has 2 amide bonds. The molecule has 0 atom stereocenters. The molecule has 74 valence electrons. The van der Waals surface area contributed by atoms with Crippen LogP contribution in [0.3, 0.4) is 0 Å². The highest BCUT2D eigenvalue weighted by molar-refractivity contribution is 5.79. The van der Waals surface area contributed by atoms with Gasteiger partial charge in [0, 0.05) is 13.1 Å². The Hall–Kier alpha value is -1.10. The molecule has 1 fully saturated rings. The molecule has 0 N–H and O–H groups in total. The van der Waals surface area contributed by atoms with E-state index in [1.54, 1.807) is 5.01 Å². The van der Waals surface area contributed by atoms with Crippen LogP contribution in [0.4, 0.5) is 4.79 Å². The zero-order valence-corrected chi connectivity index (χ0v) is 7.73. The van der Waals surface area contributed by atoms with Crippen molar-refractivity contribution >= 4 is 12.5 Å². The summed E-state index contributed by atoms with van der Waals surface area (Å²) < 4.78 is 4.47. The summed E-state index contributed by atoms with van der Waals surface area (Å²) in [6, 6.07) is 0. The van der Waals surface area contributed by atoms with Gasteiger partial charge < -0.3 is 4.74 Å². The monoisotopic (exact) mass is 186 g/mol. The highest BCUT2D eigenvalue weighted by Gasteiger charge is 2.22. The van der Waals surface area contributed by atoms with E-state index in [1.165, 1.54) is 7.11 Å². The summed E-state index contributed by atoms with van der Waals surface area (Å²) in [7, 11) is 1.27. The van der Waals surface area contributed by atoms with Gasteiger partial charge in [-0.15, -0.1) is 0 Å². The lowest BCUT2D eigenvalue weighted by molar-refractivity contribution is -0.131. The molecular weight excluding hydrogens is 172 g/mol. The Kier molecular flexibility index (Phi) is 3.70. The summed E-state index contributed by atoms with van der Waals surface area (Å²) in [6.07, 6.45) is 3.07. The number of piperidine rings is 1. The summed E-state index contributed by atoms with van der Waals surface area (Å²) in [5, 5.41) is 2.71. The Morgan fingerprint density at radius 2 is 2.00 bits per heavy atom. The number of rotatable bonds is 2. The highest BCUT2D eigenvalue weighted by atomic mass is 16.5. The summed E-state index contributed by atoms with van der Waals surface area (Å²) in [4.78, 5) is 21.7. The topological polar surface area (TPSA) is 49.9 Å². The summed E-state index contributed by atoms with van der Waals surface area (Å²) in [5.41, 5.74) is 0. The molecule has 1 aliphatic heterocycles. The number of imide groups is 1. The third kappa shape index (κ3) is 2.42. The highest BCUT2D eigenvalue weighted by Crippen LogP contribution is 2.10. The molecule has 0 radical (unpaired) electrons. The van der Waals surface area contributed by atoms with Gasteiger partial charge in [-0.1, -0.05) is 6.42 Å². The lowest BCUT2D eigenvalue weighted by Crippen LogP contribution is -2.47. The predicted molar refractivity (Wildman–Crippen MR) is 45.7 cm³/mol. The summed E-state index contributed by atoms with van der Waals surface area (Å²) in [6.45, 7) is 1.49. The van der Waals surface area contributed by atoms with Crippen LogP contribution in [-0.4, -0.2) is 42.7 Å². The van der Waals surface area contributed by atoms with Crippen molar-refractivity contribution in [2.24, 2.45) is 0 Å². The van der Waals surface area contributed by atoms with E-state index in [9.17, 15) is 9.59 Å². The third-order valence-corrected chi connectivity index (χ3v) is 2.10. The van der Waals surface area contributed by atoms with Crippen LogP contribution in [0.5, 0.6) is 0 Å². The summed E-state index contributed by atoms with van der Waals surface area (Å²) >= 11 is 0. The van der Waals surface area contributed by atoms with Gasteiger partial charge in [0.05, 0.1) is 7.11 Å². The minimum Gasteiger partial charge on any atom is -0.451 e. The van der Waals surface area contributed by atoms with E-state index in [0.29, 0.717) is 6.41 Å². The Labute approximate surface area is 77.2 Å². The minimum absolute atomic E-state index is 0.497. The van der Waals surface area contributed by atoms with Crippen molar-refractivity contribution in [2.75, 3.05) is 20.2 Å². The molecule has 5 heteroatoms. The zero-order chi connectivity index (χ0) is 9.68. The first-order valence-corrected chi connectivity index (χ1v) is 4.37. The SMILES string of the molecule is COC(=O)N(C=O)N1CCCCC1. The van der Waals surface area contributed by atoms with E-state index in [1.807, 2.05) is 0 Å². The van der Waals surface area contributed by atoms with Gasteiger partial charge in [-0.3, -0.25) is 4.79 Å². The fraction of sp³-hybridized carbons (Fsp3) is 0.750. The van der Waals surface area contributed by atoms with Gasteiger partial charge in [0.2, 0.25) is 6.41 Å². The van der Waals surface area contributed by atoms with Crippen LogP contribution in [0.1, 0.15) is 19.3 Å². The number of ether oxygens (including phenoxy) is 1. The van der Waals surface area contributed by atoms with Crippen molar-refractivity contribution < 1.29 is 14.3 Å².